The van der Waals surface area contributed by atoms with E-state index in [0.29, 0.717) is 24.4 Å². The van der Waals surface area contributed by atoms with Crippen LogP contribution in [0, 0.1) is 6.67 Å². The summed E-state index contributed by atoms with van der Waals surface area (Å²) in [5.74, 6) is 0.917. The van der Waals surface area contributed by atoms with E-state index < -0.39 is 0 Å². The van der Waals surface area contributed by atoms with Gasteiger partial charge in [0, 0.05) is 24.8 Å². The maximum absolute atomic E-state index is 9.55. The van der Waals surface area contributed by atoms with Gasteiger partial charge in [-0.25, -0.2) is 0 Å². The lowest BCUT2D eigenvalue weighted by Crippen LogP contribution is -2.33. The molecule has 3 rings (SSSR count). The smallest absolute Gasteiger partial charge is 0.177 e. The molecule has 3 heteroatoms. The lowest BCUT2D eigenvalue weighted by molar-refractivity contribution is 0.206. The summed E-state index contributed by atoms with van der Waals surface area (Å²) in [6.45, 7) is 14.3. The van der Waals surface area contributed by atoms with Gasteiger partial charge in [-0.3, -0.25) is 4.90 Å². The molecule has 0 aromatic heterocycles. The van der Waals surface area contributed by atoms with Gasteiger partial charge in [-0.05, 0) is 34.9 Å². The molecule has 144 valence electrons. The van der Waals surface area contributed by atoms with Gasteiger partial charge in [-0.2, -0.15) is 0 Å². The van der Waals surface area contributed by atoms with Gasteiger partial charge in [0.05, 0.1) is 6.61 Å². The van der Waals surface area contributed by atoms with Crippen LogP contribution in [0.15, 0.2) is 48.5 Å². The number of nitrogens with zero attached hydrogens (tertiary/aromatic N) is 2. The fourth-order valence-electron chi connectivity index (χ4n) is 3.95. The first kappa shape index (κ1) is 19.9. The Morgan fingerprint density at radius 3 is 2.15 bits per heavy atom. The molecule has 2 aromatic rings. The van der Waals surface area contributed by atoms with E-state index in [4.69, 9.17) is 0 Å². The minimum atomic E-state index is 0.148. The lowest BCUT2D eigenvalue weighted by Gasteiger charge is -2.27. The Hall–Kier alpha value is -1.84. The second-order valence-corrected chi connectivity index (χ2v) is 8.07. The highest BCUT2D eigenvalue weighted by molar-refractivity contribution is 5.64. The van der Waals surface area contributed by atoms with Crippen LogP contribution in [-0.2, 0) is 6.42 Å². The average molecular weight is 365 g/mol. The highest BCUT2D eigenvalue weighted by atomic mass is 16.3. The third-order valence-corrected chi connectivity index (χ3v) is 5.35. The van der Waals surface area contributed by atoms with Crippen LogP contribution >= 0.6 is 0 Å². The molecule has 1 aliphatic heterocycles. The second kappa shape index (κ2) is 8.90. The fraction of sp³-hybridized carbons (Fsp3) is 0.458. The molecule has 1 heterocycles. The zero-order valence-electron chi connectivity index (χ0n) is 17.0. The van der Waals surface area contributed by atoms with Gasteiger partial charge in [-0.15, -0.1) is 0 Å². The molecule has 1 saturated heterocycles. The Balaban J connectivity index is 1.91. The molecule has 3 nitrogen and oxygen atoms in total. The molecular formula is C24H32N2O. The van der Waals surface area contributed by atoms with Gasteiger partial charge in [0.2, 0.25) is 0 Å². The van der Waals surface area contributed by atoms with Gasteiger partial charge in [-0.1, -0.05) is 76.2 Å². The molecule has 0 spiro atoms. The maximum atomic E-state index is 9.55. The summed E-state index contributed by atoms with van der Waals surface area (Å²) in [5, 5.41) is 9.55. The van der Waals surface area contributed by atoms with Crippen molar-refractivity contribution in [3.63, 3.8) is 0 Å². The summed E-state index contributed by atoms with van der Waals surface area (Å²) in [5.41, 5.74) is 5.38. The summed E-state index contributed by atoms with van der Waals surface area (Å²) in [7, 11) is 0. The Morgan fingerprint density at radius 2 is 1.59 bits per heavy atom. The van der Waals surface area contributed by atoms with Gasteiger partial charge in [0.15, 0.2) is 6.67 Å². The molecule has 0 aliphatic carbocycles. The summed E-state index contributed by atoms with van der Waals surface area (Å²) in [6, 6.07) is 17.6. The van der Waals surface area contributed by atoms with Crippen molar-refractivity contribution < 1.29 is 5.11 Å². The van der Waals surface area contributed by atoms with Crippen LogP contribution in [0.3, 0.4) is 0 Å². The fourth-order valence-corrected chi connectivity index (χ4v) is 3.95. The first-order valence-corrected chi connectivity index (χ1v) is 10.1. The quantitative estimate of drug-likeness (QED) is 0.774. The molecule has 2 radical (unpaired) electrons. The Labute approximate surface area is 164 Å². The molecule has 0 saturated carbocycles. The Morgan fingerprint density at radius 1 is 0.963 bits per heavy atom. The van der Waals surface area contributed by atoms with E-state index in [0.717, 1.165) is 13.0 Å². The lowest BCUT2D eigenvalue weighted by atomic mass is 9.92. The molecule has 2 aromatic carbocycles. The molecule has 1 aliphatic rings. The minimum Gasteiger partial charge on any atom is -0.395 e. The number of hydrogen-bond donors (Lipinski definition) is 1. The van der Waals surface area contributed by atoms with E-state index in [1.54, 1.807) is 0 Å². The SMILES string of the molecule is CC(C)c1cccc(C(C)C)c1N1[C]N(CCO)[C@@H](Cc2ccccc2)C1. The van der Waals surface area contributed by atoms with Crippen molar-refractivity contribution in [1.29, 1.82) is 0 Å². The van der Waals surface area contributed by atoms with Crippen LogP contribution in [0.5, 0.6) is 0 Å². The normalized spacial score (nSPS) is 18.0. The zero-order chi connectivity index (χ0) is 19.4. The average Bonchev–Trinajstić information content (AvgIpc) is 3.04. The first-order chi connectivity index (χ1) is 13.0. The van der Waals surface area contributed by atoms with Crippen LogP contribution < -0.4 is 4.90 Å². The number of aliphatic hydroxyl groups excluding tert-OH is 1. The number of hydrogen-bond acceptors (Lipinski definition) is 3. The van der Waals surface area contributed by atoms with E-state index in [1.807, 2.05) is 0 Å². The second-order valence-electron chi connectivity index (χ2n) is 8.07. The van der Waals surface area contributed by atoms with Crippen molar-refractivity contribution in [3.8, 4) is 0 Å². The van der Waals surface area contributed by atoms with Crippen molar-refractivity contribution in [1.82, 2.24) is 4.90 Å². The number of benzene rings is 2. The van der Waals surface area contributed by atoms with E-state index in [2.05, 4.69) is 92.7 Å². The predicted octanol–water partition coefficient (Wildman–Crippen LogP) is 4.66. The number of aliphatic hydroxyl groups is 1. The van der Waals surface area contributed by atoms with Gasteiger partial charge >= 0.3 is 0 Å². The van der Waals surface area contributed by atoms with Crippen LogP contribution in [0.1, 0.15) is 56.2 Å². The number of β-amino-alcohol motifs (C(OH)–C–C–N with tert-alkyl or cyclic N) is 1. The molecule has 0 amide bonds. The molecule has 27 heavy (non-hydrogen) atoms. The van der Waals surface area contributed by atoms with Crippen molar-refractivity contribution in [3.05, 3.63) is 71.9 Å². The van der Waals surface area contributed by atoms with Gasteiger partial charge in [0.25, 0.3) is 0 Å². The number of anilines is 1. The maximum Gasteiger partial charge on any atom is 0.177 e. The molecule has 0 unspecified atom stereocenters. The standard InChI is InChI=1S/C24H32N2O/c1-18(2)22-11-8-12-23(19(3)4)24(22)26-16-21(25(17-26)13-14-27)15-20-9-6-5-7-10-20/h5-12,18-19,21,27H,13-16H2,1-4H3/t21-/m0/s1. The molecule has 0 bridgehead atoms. The van der Waals surface area contributed by atoms with Crippen LogP contribution in [0.25, 0.3) is 0 Å². The predicted molar refractivity (Wildman–Crippen MR) is 113 cm³/mol. The van der Waals surface area contributed by atoms with Gasteiger partial charge in [0.1, 0.15) is 0 Å². The summed E-state index contributed by atoms with van der Waals surface area (Å²) in [4.78, 5) is 4.49. The number of rotatable bonds is 7. The van der Waals surface area contributed by atoms with Crippen molar-refractivity contribution in [2.45, 2.75) is 52.0 Å². The number of para-hydroxylation sites is 1. The van der Waals surface area contributed by atoms with E-state index >= 15 is 0 Å². The van der Waals surface area contributed by atoms with E-state index in [-0.39, 0.29) is 6.61 Å². The third-order valence-electron chi connectivity index (χ3n) is 5.35. The first-order valence-electron chi connectivity index (χ1n) is 10.1. The Bertz CT molecular complexity index is 700. The third kappa shape index (κ3) is 4.53. The summed E-state index contributed by atoms with van der Waals surface area (Å²) in [6.07, 6.45) is 0.963. The van der Waals surface area contributed by atoms with Crippen molar-refractivity contribution >= 4 is 5.69 Å². The van der Waals surface area contributed by atoms with Crippen molar-refractivity contribution in [2.75, 3.05) is 24.6 Å². The largest absolute Gasteiger partial charge is 0.395 e. The summed E-state index contributed by atoms with van der Waals surface area (Å²) >= 11 is 0. The highest BCUT2D eigenvalue weighted by Crippen LogP contribution is 2.38. The van der Waals surface area contributed by atoms with Crippen molar-refractivity contribution in [2.24, 2.45) is 0 Å². The van der Waals surface area contributed by atoms with Crippen LogP contribution in [-0.4, -0.2) is 35.7 Å². The monoisotopic (exact) mass is 364 g/mol. The van der Waals surface area contributed by atoms with E-state index in [9.17, 15) is 5.11 Å². The topological polar surface area (TPSA) is 26.7 Å². The van der Waals surface area contributed by atoms with Gasteiger partial charge < -0.3 is 10.0 Å². The minimum absolute atomic E-state index is 0.148. The zero-order valence-corrected chi connectivity index (χ0v) is 17.0. The highest BCUT2D eigenvalue weighted by Gasteiger charge is 2.34. The molecular weight excluding hydrogens is 332 g/mol. The van der Waals surface area contributed by atoms with Crippen LogP contribution in [0.2, 0.25) is 0 Å². The van der Waals surface area contributed by atoms with Crippen LogP contribution in [0.4, 0.5) is 5.69 Å². The molecule has 1 fully saturated rings. The van der Waals surface area contributed by atoms with E-state index in [1.165, 1.54) is 22.4 Å². The Kier molecular flexibility index (Phi) is 6.56. The molecule has 1 N–H and O–H groups in total. The molecule has 1 atom stereocenters. The summed E-state index contributed by atoms with van der Waals surface area (Å²) < 4.78 is 0.